The highest BCUT2D eigenvalue weighted by atomic mass is 32.1. The summed E-state index contributed by atoms with van der Waals surface area (Å²) in [5, 5.41) is 4.21. The summed E-state index contributed by atoms with van der Waals surface area (Å²) in [6.07, 6.45) is 3.65. The maximum atomic E-state index is 5.69. The third-order valence-electron chi connectivity index (χ3n) is 4.97. The van der Waals surface area contributed by atoms with Crippen LogP contribution in [-0.4, -0.2) is 24.5 Å². The third-order valence-corrected chi connectivity index (χ3v) is 5.32. The molecule has 6 heteroatoms. The number of hydrogen-bond acceptors (Lipinski definition) is 3. The average Bonchev–Trinajstić information content (AvgIpc) is 3.17. The van der Waals surface area contributed by atoms with Gasteiger partial charge in [-0.1, -0.05) is 12.1 Å². The average molecular weight is 363 g/mol. The van der Waals surface area contributed by atoms with Crippen LogP contribution in [0, 0.1) is 6.92 Å². The van der Waals surface area contributed by atoms with Gasteiger partial charge in [-0.05, 0) is 55.5 Å². The number of rotatable bonds is 4. The van der Waals surface area contributed by atoms with Crippen molar-refractivity contribution >= 4 is 17.3 Å². The van der Waals surface area contributed by atoms with E-state index in [4.69, 9.17) is 12.2 Å². The highest BCUT2D eigenvalue weighted by molar-refractivity contribution is 7.80. The van der Waals surface area contributed by atoms with Gasteiger partial charge in [0.25, 0.3) is 0 Å². The molecule has 132 valence electrons. The van der Waals surface area contributed by atoms with Crippen molar-refractivity contribution < 1.29 is 0 Å². The second kappa shape index (κ2) is 6.88. The van der Waals surface area contributed by atoms with Crippen LogP contribution in [0.4, 0.5) is 0 Å². The molecule has 3 aromatic rings. The van der Waals surface area contributed by atoms with E-state index in [1.54, 1.807) is 0 Å². The fourth-order valence-corrected chi connectivity index (χ4v) is 3.80. The maximum absolute atomic E-state index is 5.69. The number of pyridine rings is 2. The number of nitrogens with one attached hydrogen (secondary N) is 1. The lowest BCUT2D eigenvalue weighted by Crippen LogP contribution is -2.30. The predicted molar refractivity (Wildman–Crippen MR) is 105 cm³/mol. The highest BCUT2D eigenvalue weighted by Gasteiger charge is 2.41. The SMILES string of the molecule is Cc1ccc([C@@H]2[C@H](c3ccccn3)NC(=S)N2Cc2ccccn2)n1C. The van der Waals surface area contributed by atoms with E-state index < -0.39 is 0 Å². The van der Waals surface area contributed by atoms with E-state index >= 15 is 0 Å². The van der Waals surface area contributed by atoms with Crippen LogP contribution in [-0.2, 0) is 13.6 Å². The molecule has 2 atom stereocenters. The molecule has 3 aromatic heterocycles. The first-order valence-electron chi connectivity index (χ1n) is 8.65. The Bertz CT molecular complexity index is 906. The number of aryl methyl sites for hydroxylation is 1. The van der Waals surface area contributed by atoms with E-state index in [-0.39, 0.29) is 12.1 Å². The topological polar surface area (TPSA) is 46.0 Å². The molecule has 1 fully saturated rings. The molecular formula is C20H21N5S. The highest BCUT2D eigenvalue weighted by Crippen LogP contribution is 2.39. The van der Waals surface area contributed by atoms with Crippen molar-refractivity contribution in [2.24, 2.45) is 7.05 Å². The molecule has 4 heterocycles. The fourth-order valence-electron chi connectivity index (χ4n) is 3.49. The summed E-state index contributed by atoms with van der Waals surface area (Å²) in [5.74, 6) is 0. The summed E-state index contributed by atoms with van der Waals surface area (Å²) in [6.45, 7) is 2.77. The van der Waals surface area contributed by atoms with Crippen LogP contribution in [0.1, 0.15) is 34.9 Å². The molecule has 0 radical (unpaired) electrons. The van der Waals surface area contributed by atoms with Crippen molar-refractivity contribution in [1.82, 2.24) is 24.8 Å². The van der Waals surface area contributed by atoms with Gasteiger partial charge in [0.2, 0.25) is 0 Å². The first kappa shape index (κ1) is 16.7. The molecule has 26 heavy (non-hydrogen) atoms. The zero-order valence-corrected chi connectivity index (χ0v) is 15.6. The Morgan fingerprint density at radius 1 is 1.04 bits per heavy atom. The molecule has 1 saturated heterocycles. The molecule has 5 nitrogen and oxygen atoms in total. The lowest BCUT2D eigenvalue weighted by Gasteiger charge is -2.28. The van der Waals surface area contributed by atoms with Crippen LogP contribution in [0.3, 0.4) is 0 Å². The van der Waals surface area contributed by atoms with Gasteiger partial charge in [-0.25, -0.2) is 0 Å². The zero-order valence-electron chi connectivity index (χ0n) is 14.8. The molecular weight excluding hydrogens is 342 g/mol. The molecule has 0 saturated carbocycles. The van der Waals surface area contributed by atoms with Crippen molar-refractivity contribution in [3.05, 3.63) is 83.7 Å². The van der Waals surface area contributed by atoms with E-state index in [1.165, 1.54) is 11.4 Å². The second-order valence-corrected chi connectivity index (χ2v) is 6.92. The minimum atomic E-state index is 0.000382. The number of aromatic nitrogens is 3. The Hall–Kier alpha value is -2.73. The molecule has 1 N–H and O–H groups in total. The minimum absolute atomic E-state index is 0.000382. The fraction of sp³-hybridized carbons (Fsp3) is 0.250. The van der Waals surface area contributed by atoms with Crippen molar-refractivity contribution in [3.63, 3.8) is 0 Å². The summed E-state index contributed by atoms with van der Waals surface area (Å²) < 4.78 is 2.22. The summed E-state index contributed by atoms with van der Waals surface area (Å²) in [7, 11) is 2.10. The lowest BCUT2D eigenvalue weighted by molar-refractivity contribution is 0.296. The first-order chi connectivity index (χ1) is 12.6. The number of hydrogen-bond donors (Lipinski definition) is 1. The minimum Gasteiger partial charge on any atom is -0.352 e. The van der Waals surface area contributed by atoms with Gasteiger partial charge in [0.1, 0.15) is 0 Å². The van der Waals surface area contributed by atoms with E-state index in [0.29, 0.717) is 6.54 Å². The van der Waals surface area contributed by atoms with E-state index in [0.717, 1.165) is 16.5 Å². The van der Waals surface area contributed by atoms with Crippen LogP contribution >= 0.6 is 12.2 Å². The van der Waals surface area contributed by atoms with E-state index in [1.807, 2.05) is 48.8 Å². The Balaban J connectivity index is 1.76. The number of thiocarbonyl (C=S) groups is 1. The van der Waals surface area contributed by atoms with Gasteiger partial charge in [0.05, 0.1) is 30.0 Å². The summed E-state index contributed by atoms with van der Waals surface area (Å²) >= 11 is 5.69. The van der Waals surface area contributed by atoms with Crippen LogP contribution in [0.2, 0.25) is 0 Å². The van der Waals surface area contributed by atoms with Gasteiger partial charge in [-0.2, -0.15) is 0 Å². The van der Waals surface area contributed by atoms with Gasteiger partial charge in [-0.15, -0.1) is 0 Å². The molecule has 1 aliphatic rings. The van der Waals surface area contributed by atoms with Crippen LogP contribution in [0.5, 0.6) is 0 Å². The molecule has 4 rings (SSSR count). The second-order valence-electron chi connectivity index (χ2n) is 6.53. The Labute approximate surface area is 158 Å². The van der Waals surface area contributed by atoms with Crippen LogP contribution in [0.25, 0.3) is 0 Å². The predicted octanol–water partition coefficient (Wildman–Crippen LogP) is 3.30. The molecule has 0 amide bonds. The monoisotopic (exact) mass is 363 g/mol. The Kier molecular flexibility index (Phi) is 4.42. The third kappa shape index (κ3) is 2.97. The maximum Gasteiger partial charge on any atom is 0.170 e. The Morgan fingerprint density at radius 3 is 2.42 bits per heavy atom. The number of nitrogens with zero attached hydrogens (tertiary/aromatic N) is 4. The molecule has 0 unspecified atom stereocenters. The van der Waals surface area contributed by atoms with Crippen molar-refractivity contribution in [1.29, 1.82) is 0 Å². The van der Waals surface area contributed by atoms with Crippen LogP contribution in [0.15, 0.2) is 60.9 Å². The first-order valence-corrected chi connectivity index (χ1v) is 9.06. The summed E-state index contributed by atoms with van der Waals surface area (Å²) in [5.41, 5.74) is 4.41. The Morgan fingerprint density at radius 2 is 1.81 bits per heavy atom. The van der Waals surface area contributed by atoms with E-state index in [9.17, 15) is 0 Å². The standard InChI is InChI=1S/C20H21N5S/c1-14-9-10-17(24(14)2)19-18(16-8-4-6-12-22-16)23-20(26)25(19)13-15-7-3-5-11-21-15/h3-12,18-19H,13H2,1-2H3,(H,23,26)/t18-,19+/m0/s1. The molecule has 0 spiro atoms. The largest absolute Gasteiger partial charge is 0.352 e. The van der Waals surface area contributed by atoms with Gasteiger partial charge < -0.3 is 14.8 Å². The molecule has 0 aliphatic carbocycles. The van der Waals surface area contributed by atoms with Gasteiger partial charge in [0.15, 0.2) is 5.11 Å². The summed E-state index contributed by atoms with van der Waals surface area (Å²) in [4.78, 5) is 11.3. The van der Waals surface area contributed by atoms with Crippen molar-refractivity contribution in [3.8, 4) is 0 Å². The van der Waals surface area contributed by atoms with Crippen molar-refractivity contribution in [2.45, 2.75) is 25.6 Å². The quantitative estimate of drug-likeness (QED) is 0.721. The summed E-state index contributed by atoms with van der Waals surface area (Å²) in [6, 6.07) is 16.3. The molecule has 0 aromatic carbocycles. The normalized spacial score (nSPS) is 19.6. The van der Waals surface area contributed by atoms with Crippen molar-refractivity contribution in [2.75, 3.05) is 0 Å². The molecule has 0 bridgehead atoms. The zero-order chi connectivity index (χ0) is 18.1. The van der Waals surface area contributed by atoms with E-state index in [2.05, 4.69) is 50.9 Å². The molecule has 1 aliphatic heterocycles. The lowest BCUT2D eigenvalue weighted by atomic mass is 10.0. The van der Waals surface area contributed by atoms with Gasteiger partial charge in [0, 0.05) is 30.8 Å². The van der Waals surface area contributed by atoms with Crippen LogP contribution < -0.4 is 5.32 Å². The smallest absolute Gasteiger partial charge is 0.170 e. The van der Waals surface area contributed by atoms with Gasteiger partial charge in [-0.3, -0.25) is 9.97 Å². The van der Waals surface area contributed by atoms with Gasteiger partial charge >= 0.3 is 0 Å².